The second-order valence-electron chi connectivity index (χ2n) is 6.66. The Hall–Kier alpha value is -2.88. The fourth-order valence-electron chi connectivity index (χ4n) is 3.04. The molecule has 0 aliphatic carbocycles. The zero-order chi connectivity index (χ0) is 20.3. The Kier molecular flexibility index (Phi) is 5.68. The molecule has 28 heavy (non-hydrogen) atoms. The van der Waals surface area contributed by atoms with Gasteiger partial charge in [-0.25, -0.2) is 8.42 Å². The van der Waals surface area contributed by atoms with Crippen molar-refractivity contribution in [1.29, 1.82) is 0 Å². The summed E-state index contributed by atoms with van der Waals surface area (Å²) in [5.41, 5.74) is 1.72. The molecule has 2 aromatic rings. The van der Waals surface area contributed by atoms with Crippen molar-refractivity contribution in [2.24, 2.45) is 12.0 Å². The molecule has 2 heterocycles. The molecule has 0 saturated carbocycles. The molecule has 0 bridgehead atoms. The van der Waals surface area contributed by atoms with E-state index in [-0.39, 0.29) is 17.3 Å². The van der Waals surface area contributed by atoms with Gasteiger partial charge in [-0.2, -0.15) is 5.10 Å². The van der Waals surface area contributed by atoms with Gasteiger partial charge >= 0.3 is 0 Å². The number of aliphatic imine (C=N–C) groups is 1. The molecule has 10 heteroatoms. The Bertz CT molecular complexity index is 981. The van der Waals surface area contributed by atoms with Crippen LogP contribution in [-0.4, -0.2) is 67.9 Å². The number of nitrogens with zero attached hydrogens (tertiary/aromatic N) is 5. The second-order valence-corrected chi connectivity index (χ2v) is 8.67. The summed E-state index contributed by atoms with van der Waals surface area (Å²) < 4.78 is 24.8. The number of piperazine rings is 1. The molecule has 1 saturated heterocycles. The van der Waals surface area contributed by atoms with Gasteiger partial charge in [-0.3, -0.25) is 14.5 Å². The topological polar surface area (TPSA) is 99.9 Å². The van der Waals surface area contributed by atoms with Gasteiger partial charge in [0.1, 0.15) is 6.54 Å². The summed E-state index contributed by atoms with van der Waals surface area (Å²) >= 11 is 0. The first-order valence-corrected chi connectivity index (χ1v) is 10.7. The SMILES string of the molecule is CN=C(NCc1ccc(S(C)(=O)=O)cc1)N1CCN(c2cnn(C)c2)C(=O)C1. The van der Waals surface area contributed by atoms with Gasteiger partial charge in [-0.15, -0.1) is 0 Å². The number of nitrogens with one attached hydrogen (secondary N) is 1. The Morgan fingerprint density at radius 1 is 1.25 bits per heavy atom. The third kappa shape index (κ3) is 4.50. The van der Waals surface area contributed by atoms with Crippen LogP contribution in [-0.2, 0) is 28.2 Å². The largest absolute Gasteiger partial charge is 0.352 e. The number of aryl methyl sites for hydroxylation is 1. The van der Waals surface area contributed by atoms with E-state index in [0.717, 1.165) is 11.3 Å². The van der Waals surface area contributed by atoms with E-state index in [9.17, 15) is 13.2 Å². The third-order valence-electron chi connectivity index (χ3n) is 4.54. The Balaban J connectivity index is 1.59. The van der Waals surface area contributed by atoms with Gasteiger partial charge < -0.3 is 15.1 Å². The highest BCUT2D eigenvalue weighted by atomic mass is 32.2. The molecule has 1 N–H and O–H groups in total. The van der Waals surface area contributed by atoms with Gasteiger partial charge in [0, 0.05) is 46.2 Å². The number of aromatic nitrogens is 2. The van der Waals surface area contributed by atoms with Gasteiger partial charge in [0.25, 0.3) is 0 Å². The molecular weight excluding hydrogens is 380 g/mol. The zero-order valence-corrected chi connectivity index (χ0v) is 17.0. The quantitative estimate of drug-likeness (QED) is 0.579. The lowest BCUT2D eigenvalue weighted by molar-refractivity contribution is -0.120. The molecule has 150 valence electrons. The van der Waals surface area contributed by atoms with Crippen molar-refractivity contribution in [1.82, 2.24) is 20.0 Å². The van der Waals surface area contributed by atoms with E-state index in [1.165, 1.54) is 6.26 Å². The number of benzene rings is 1. The number of rotatable bonds is 4. The molecule has 0 spiro atoms. The van der Waals surface area contributed by atoms with Crippen molar-refractivity contribution in [2.75, 3.05) is 37.8 Å². The standard InChI is InChI=1S/C18H24N6O3S/c1-19-18(20-10-14-4-6-16(7-5-14)28(3,26)27)23-8-9-24(17(25)13-23)15-11-21-22(2)12-15/h4-7,11-12H,8-10,13H2,1-3H3,(H,19,20). The summed E-state index contributed by atoms with van der Waals surface area (Å²) in [4.78, 5) is 20.7. The lowest BCUT2D eigenvalue weighted by Gasteiger charge is -2.35. The van der Waals surface area contributed by atoms with Crippen LogP contribution in [0.2, 0.25) is 0 Å². The van der Waals surface area contributed by atoms with E-state index in [1.807, 2.05) is 18.1 Å². The molecule has 3 rings (SSSR count). The molecule has 1 aliphatic rings. The van der Waals surface area contributed by atoms with E-state index < -0.39 is 9.84 Å². The number of hydrogen-bond donors (Lipinski definition) is 1. The summed E-state index contributed by atoms with van der Waals surface area (Å²) in [7, 11) is 0.286. The maximum Gasteiger partial charge on any atom is 0.246 e. The van der Waals surface area contributed by atoms with Crippen LogP contribution in [0.4, 0.5) is 5.69 Å². The van der Waals surface area contributed by atoms with Crippen LogP contribution in [0.15, 0.2) is 46.5 Å². The minimum Gasteiger partial charge on any atom is -0.352 e. The molecule has 0 unspecified atom stereocenters. The summed E-state index contributed by atoms with van der Waals surface area (Å²) in [5.74, 6) is 0.617. The van der Waals surface area contributed by atoms with Gasteiger partial charge in [0.15, 0.2) is 15.8 Å². The third-order valence-corrected chi connectivity index (χ3v) is 5.67. The minimum atomic E-state index is -3.21. The van der Waals surface area contributed by atoms with E-state index >= 15 is 0 Å². The highest BCUT2D eigenvalue weighted by molar-refractivity contribution is 7.90. The number of hydrogen-bond acceptors (Lipinski definition) is 5. The van der Waals surface area contributed by atoms with Gasteiger partial charge in [0.05, 0.1) is 16.8 Å². The number of anilines is 1. The Morgan fingerprint density at radius 2 is 1.96 bits per heavy atom. The molecule has 0 radical (unpaired) electrons. The summed E-state index contributed by atoms with van der Waals surface area (Å²) in [5, 5.41) is 7.35. The lowest BCUT2D eigenvalue weighted by Crippen LogP contribution is -2.55. The normalized spacial score (nSPS) is 15.8. The highest BCUT2D eigenvalue weighted by Crippen LogP contribution is 2.16. The number of sulfone groups is 1. The van der Waals surface area contributed by atoms with E-state index in [2.05, 4.69) is 15.4 Å². The first-order valence-electron chi connectivity index (χ1n) is 8.81. The molecule has 1 amide bonds. The van der Waals surface area contributed by atoms with Crippen LogP contribution in [0, 0.1) is 0 Å². The van der Waals surface area contributed by atoms with Crippen molar-refractivity contribution in [2.45, 2.75) is 11.4 Å². The predicted molar refractivity (Wildman–Crippen MR) is 107 cm³/mol. The van der Waals surface area contributed by atoms with Crippen LogP contribution in [0.1, 0.15) is 5.56 Å². The number of carbonyl (C=O) groups excluding carboxylic acids is 1. The molecule has 0 atom stereocenters. The molecule has 1 aromatic carbocycles. The van der Waals surface area contributed by atoms with E-state index in [0.29, 0.717) is 25.6 Å². The minimum absolute atomic E-state index is 0.0142. The summed E-state index contributed by atoms with van der Waals surface area (Å²) in [6, 6.07) is 6.71. The summed E-state index contributed by atoms with van der Waals surface area (Å²) in [6.45, 7) is 1.90. The molecular formula is C18H24N6O3S. The first kappa shape index (κ1) is 19.9. The van der Waals surface area contributed by atoms with Crippen molar-refractivity contribution in [3.63, 3.8) is 0 Å². The van der Waals surface area contributed by atoms with Gasteiger partial charge in [0.2, 0.25) is 5.91 Å². The smallest absolute Gasteiger partial charge is 0.246 e. The summed E-state index contributed by atoms with van der Waals surface area (Å²) in [6.07, 6.45) is 4.69. The van der Waals surface area contributed by atoms with Crippen LogP contribution < -0.4 is 10.2 Å². The first-order chi connectivity index (χ1) is 13.3. The van der Waals surface area contributed by atoms with Gasteiger partial charge in [-0.05, 0) is 17.7 Å². The van der Waals surface area contributed by atoms with Crippen molar-refractivity contribution < 1.29 is 13.2 Å². The Labute approximate surface area is 164 Å². The highest BCUT2D eigenvalue weighted by Gasteiger charge is 2.27. The van der Waals surface area contributed by atoms with Crippen molar-refractivity contribution >= 4 is 27.4 Å². The van der Waals surface area contributed by atoms with Crippen LogP contribution in [0.5, 0.6) is 0 Å². The molecule has 1 aromatic heterocycles. The van der Waals surface area contributed by atoms with E-state index in [4.69, 9.17) is 0 Å². The maximum atomic E-state index is 12.5. The Morgan fingerprint density at radius 3 is 2.50 bits per heavy atom. The fraction of sp³-hybridized carbons (Fsp3) is 0.389. The average molecular weight is 404 g/mol. The second kappa shape index (κ2) is 8.01. The number of carbonyl (C=O) groups is 1. The van der Waals surface area contributed by atoms with Crippen LogP contribution in [0.25, 0.3) is 0 Å². The molecule has 1 aliphatic heterocycles. The lowest BCUT2D eigenvalue weighted by atomic mass is 10.2. The predicted octanol–water partition coefficient (Wildman–Crippen LogP) is 0.248. The van der Waals surface area contributed by atoms with Crippen molar-refractivity contribution in [3.05, 3.63) is 42.2 Å². The van der Waals surface area contributed by atoms with Gasteiger partial charge in [-0.1, -0.05) is 12.1 Å². The van der Waals surface area contributed by atoms with Crippen LogP contribution in [0.3, 0.4) is 0 Å². The fourth-order valence-corrected chi connectivity index (χ4v) is 3.67. The van der Waals surface area contributed by atoms with Crippen molar-refractivity contribution in [3.8, 4) is 0 Å². The molecule has 1 fully saturated rings. The average Bonchev–Trinajstić information content (AvgIpc) is 3.08. The molecule has 9 nitrogen and oxygen atoms in total. The number of guanidine groups is 1. The maximum absolute atomic E-state index is 12.5. The monoisotopic (exact) mass is 404 g/mol. The van der Waals surface area contributed by atoms with E-state index in [1.54, 1.807) is 47.1 Å². The van der Waals surface area contributed by atoms with Crippen LogP contribution >= 0.6 is 0 Å². The zero-order valence-electron chi connectivity index (χ0n) is 16.2. The number of amides is 1.